The lowest BCUT2D eigenvalue weighted by molar-refractivity contribution is -0.153. The first-order valence-corrected chi connectivity index (χ1v) is 8.18. The van der Waals surface area contributed by atoms with Crippen LogP contribution < -0.4 is 5.32 Å². The van der Waals surface area contributed by atoms with E-state index in [2.05, 4.69) is 5.32 Å². The number of rotatable bonds is 6. The second-order valence-corrected chi connectivity index (χ2v) is 5.98. The van der Waals surface area contributed by atoms with Gasteiger partial charge in [-0.2, -0.15) is 0 Å². The van der Waals surface area contributed by atoms with Gasteiger partial charge in [-0.3, -0.25) is 9.59 Å². The van der Waals surface area contributed by atoms with Gasteiger partial charge >= 0.3 is 5.97 Å². The first kappa shape index (κ1) is 18.6. The lowest BCUT2D eigenvalue weighted by Gasteiger charge is -2.16. The summed E-state index contributed by atoms with van der Waals surface area (Å²) in [5.74, 6) is -1.28. The summed E-state index contributed by atoms with van der Waals surface area (Å²) in [4.78, 5) is 24.1. The second kappa shape index (κ2) is 8.42. The molecule has 0 aliphatic heterocycles. The molecule has 132 valence electrons. The van der Waals surface area contributed by atoms with Crippen molar-refractivity contribution in [2.45, 2.75) is 39.7 Å². The molecule has 2 rings (SSSR count). The largest absolute Gasteiger partial charge is 0.453 e. The lowest BCUT2D eigenvalue weighted by atomic mass is 10.1. The van der Waals surface area contributed by atoms with E-state index in [4.69, 9.17) is 4.74 Å². The number of amides is 1. The number of halogens is 1. The molecule has 0 radical (unpaired) electrons. The van der Waals surface area contributed by atoms with E-state index in [1.807, 2.05) is 32.0 Å². The van der Waals surface area contributed by atoms with Crippen LogP contribution in [-0.4, -0.2) is 18.0 Å². The molecule has 1 atom stereocenters. The number of para-hydroxylation sites is 1. The number of hydrogen-bond donors (Lipinski definition) is 1. The van der Waals surface area contributed by atoms with Gasteiger partial charge in [0.2, 0.25) is 0 Å². The Morgan fingerprint density at radius 1 is 1.08 bits per heavy atom. The summed E-state index contributed by atoms with van der Waals surface area (Å²) < 4.78 is 18.7. The third-order valence-corrected chi connectivity index (χ3v) is 3.96. The fourth-order valence-corrected chi connectivity index (χ4v) is 2.48. The maximum absolute atomic E-state index is 13.5. The van der Waals surface area contributed by atoms with Gasteiger partial charge in [-0.15, -0.1) is 0 Å². The minimum absolute atomic E-state index is 0.0158. The molecule has 0 aliphatic carbocycles. The van der Waals surface area contributed by atoms with Crippen LogP contribution in [0.5, 0.6) is 0 Å². The minimum atomic E-state index is -0.924. The van der Waals surface area contributed by atoms with E-state index in [-0.39, 0.29) is 18.7 Å². The topological polar surface area (TPSA) is 55.4 Å². The first-order valence-electron chi connectivity index (χ1n) is 8.18. The van der Waals surface area contributed by atoms with Crippen LogP contribution in [0.15, 0.2) is 42.5 Å². The summed E-state index contributed by atoms with van der Waals surface area (Å²) >= 11 is 0. The summed E-state index contributed by atoms with van der Waals surface area (Å²) in [6.07, 6.45) is -0.675. The molecule has 5 heteroatoms. The van der Waals surface area contributed by atoms with Crippen molar-refractivity contribution in [1.82, 2.24) is 0 Å². The number of aryl methyl sites for hydroxylation is 3. The summed E-state index contributed by atoms with van der Waals surface area (Å²) in [7, 11) is 0. The van der Waals surface area contributed by atoms with Crippen molar-refractivity contribution in [3.05, 3.63) is 65.0 Å². The molecule has 25 heavy (non-hydrogen) atoms. The van der Waals surface area contributed by atoms with Crippen molar-refractivity contribution >= 4 is 17.6 Å². The fourth-order valence-electron chi connectivity index (χ4n) is 2.48. The van der Waals surface area contributed by atoms with Gasteiger partial charge in [0.05, 0.1) is 0 Å². The van der Waals surface area contributed by atoms with E-state index >= 15 is 0 Å². The van der Waals surface area contributed by atoms with Gasteiger partial charge in [-0.25, -0.2) is 4.39 Å². The number of benzene rings is 2. The Hall–Kier alpha value is -2.69. The number of ether oxygens (including phenoxy) is 1. The predicted molar refractivity (Wildman–Crippen MR) is 94.8 cm³/mol. The summed E-state index contributed by atoms with van der Waals surface area (Å²) in [5.41, 5.74) is 3.05. The molecule has 1 N–H and O–H groups in total. The quantitative estimate of drug-likeness (QED) is 0.808. The first-order chi connectivity index (χ1) is 11.9. The third-order valence-electron chi connectivity index (χ3n) is 3.96. The monoisotopic (exact) mass is 343 g/mol. The van der Waals surface area contributed by atoms with Crippen molar-refractivity contribution in [3.63, 3.8) is 0 Å². The molecule has 1 amide bonds. The third kappa shape index (κ3) is 5.14. The zero-order valence-corrected chi connectivity index (χ0v) is 14.6. The van der Waals surface area contributed by atoms with Crippen LogP contribution in [0, 0.1) is 19.7 Å². The molecule has 2 aromatic rings. The van der Waals surface area contributed by atoms with Gasteiger partial charge in [0.25, 0.3) is 5.91 Å². The number of esters is 1. The summed E-state index contributed by atoms with van der Waals surface area (Å²) in [5, 5.41) is 2.79. The van der Waals surface area contributed by atoms with Crippen molar-refractivity contribution in [2.24, 2.45) is 0 Å². The maximum atomic E-state index is 13.5. The zero-order chi connectivity index (χ0) is 18.4. The highest BCUT2D eigenvalue weighted by Crippen LogP contribution is 2.20. The normalized spacial score (nSPS) is 11.7. The van der Waals surface area contributed by atoms with E-state index in [1.54, 1.807) is 18.2 Å². The fraction of sp³-hybridized carbons (Fsp3) is 0.300. The Morgan fingerprint density at radius 2 is 1.72 bits per heavy atom. The van der Waals surface area contributed by atoms with E-state index in [1.165, 1.54) is 13.0 Å². The molecule has 4 nitrogen and oxygen atoms in total. The molecule has 0 spiro atoms. The van der Waals surface area contributed by atoms with Gasteiger partial charge in [0.15, 0.2) is 6.10 Å². The molecule has 0 aromatic heterocycles. The number of nitrogens with one attached hydrogen (secondary N) is 1. The van der Waals surface area contributed by atoms with E-state index in [0.717, 1.165) is 16.8 Å². The SMILES string of the molecule is Cc1cccc(C)c1NC(=O)[C@H](C)OC(=O)CCc1ccccc1F. The second-order valence-electron chi connectivity index (χ2n) is 5.98. The zero-order valence-electron chi connectivity index (χ0n) is 14.6. The highest BCUT2D eigenvalue weighted by Gasteiger charge is 2.19. The number of carbonyl (C=O) groups is 2. The Labute approximate surface area is 147 Å². The molecular weight excluding hydrogens is 321 g/mol. The molecule has 0 fully saturated rings. The Morgan fingerprint density at radius 3 is 2.36 bits per heavy atom. The van der Waals surface area contributed by atoms with Crippen LogP contribution in [0.2, 0.25) is 0 Å². The van der Waals surface area contributed by atoms with Crippen LogP contribution in [-0.2, 0) is 20.7 Å². The Bertz CT molecular complexity index is 753. The van der Waals surface area contributed by atoms with Gasteiger partial charge < -0.3 is 10.1 Å². The van der Waals surface area contributed by atoms with Crippen molar-refractivity contribution in [1.29, 1.82) is 0 Å². The number of hydrogen-bond acceptors (Lipinski definition) is 3. The molecule has 0 bridgehead atoms. The molecule has 0 aliphatic rings. The van der Waals surface area contributed by atoms with Gasteiger partial charge in [-0.05, 0) is 49.9 Å². The van der Waals surface area contributed by atoms with E-state index in [9.17, 15) is 14.0 Å². The predicted octanol–water partition coefficient (Wildman–Crippen LogP) is 3.95. The molecule has 0 heterocycles. The summed E-state index contributed by atoms with van der Waals surface area (Å²) in [6.45, 7) is 5.31. The van der Waals surface area contributed by atoms with Crippen LogP contribution in [0.1, 0.15) is 30.0 Å². The Kier molecular flexibility index (Phi) is 6.28. The molecule has 2 aromatic carbocycles. The van der Waals surface area contributed by atoms with Crippen LogP contribution >= 0.6 is 0 Å². The smallest absolute Gasteiger partial charge is 0.306 e. The van der Waals surface area contributed by atoms with E-state index < -0.39 is 18.0 Å². The van der Waals surface area contributed by atoms with Crippen LogP contribution in [0.25, 0.3) is 0 Å². The molecular formula is C20H22FNO3. The van der Waals surface area contributed by atoms with Gasteiger partial charge in [-0.1, -0.05) is 36.4 Å². The highest BCUT2D eigenvalue weighted by atomic mass is 19.1. The maximum Gasteiger partial charge on any atom is 0.306 e. The van der Waals surface area contributed by atoms with Gasteiger partial charge in [0, 0.05) is 12.1 Å². The van der Waals surface area contributed by atoms with Gasteiger partial charge in [0.1, 0.15) is 5.82 Å². The minimum Gasteiger partial charge on any atom is -0.453 e. The summed E-state index contributed by atoms with van der Waals surface area (Å²) in [6, 6.07) is 12.0. The van der Waals surface area contributed by atoms with E-state index in [0.29, 0.717) is 5.56 Å². The molecule has 0 saturated heterocycles. The number of carbonyl (C=O) groups excluding carboxylic acids is 2. The molecule has 0 unspecified atom stereocenters. The Balaban J connectivity index is 1.88. The van der Waals surface area contributed by atoms with Crippen LogP contribution in [0.3, 0.4) is 0 Å². The van der Waals surface area contributed by atoms with Crippen molar-refractivity contribution in [2.75, 3.05) is 5.32 Å². The molecule has 0 saturated carbocycles. The van der Waals surface area contributed by atoms with Crippen LogP contribution in [0.4, 0.5) is 10.1 Å². The average molecular weight is 343 g/mol. The van der Waals surface area contributed by atoms with Crippen molar-refractivity contribution in [3.8, 4) is 0 Å². The lowest BCUT2D eigenvalue weighted by Crippen LogP contribution is -2.30. The standard InChI is InChI=1S/C20H22FNO3/c1-13-7-6-8-14(2)19(13)22-20(24)15(3)25-18(23)12-11-16-9-4-5-10-17(16)21/h4-10,15H,11-12H2,1-3H3,(H,22,24)/t15-/m0/s1. The average Bonchev–Trinajstić information content (AvgIpc) is 2.57. The number of anilines is 1. The van der Waals surface area contributed by atoms with Crippen molar-refractivity contribution < 1.29 is 18.7 Å². The highest BCUT2D eigenvalue weighted by molar-refractivity contribution is 5.96.